The molecule has 1 aromatic rings. The fourth-order valence-electron chi connectivity index (χ4n) is 2.33. The molecule has 0 spiro atoms. The molecular formula is C15H20ClNO2S. The summed E-state index contributed by atoms with van der Waals surface area (Å²) in [5, 5.41) is 13.6. The van der Waals surface area contributed by atoms with E-state index in [4.69, 9.17) is 11.6 Å². The van der Waals surface area contributed by atoms with Gasteiger partial charge in [0, 0.05) is 23.2 Å². The molecule has 2 rings (SSSR count). The van der Waals surface area contributed by atoms with Gasteiger partial charge in [-0.2, -0.15) is 11.8 Å². The molecule has 0 bridgehead atoms. The van der Waals surface area contributed by atoms with Gasteiger partial charge in [-0.3, -0.25) is 4.79 Å². The summed E-state index contributed by atoms with van der Waals surface area (Å²) in [7, 11) is 0. The van der Waals surface area contributed by atoms with Crippen molar-refractivity contribution in [3.05, 3.63) is 34.9 Å². The van der Waals surface area contributed by atoms with E-state index in [0.29, 0.717) is 17.3 Å². The van der Waals surface area contributed by atoms with Gasteiger partial charge in [0.25, 0.3) is 0 Å². The van der Waals surface area contributed by atoms with E-state index in [1.165, 1.54) is 0 Å². The lowest BCUT2D eigenvalue weighted by Gasteiger charge is -2.22. The highest BCUT2D eigenvalue weighted by molar-refractivity contribution is 7.98. The number of thioether (sulfide) groups is 1. The SMILES string of the molecule is CSC[C@](C)(O)CNC(=O)[C@@H]1C[C@@H]1c1ccc(Cl)cc1. The Hall–Kier alpha value is -0.710. The third-order valence-electron chi connectivity index (χ3n) is 3.52. The largest absolute Gasteiger partial charge is 0.387 e. The molecule has 1 aromatic carbocycles. The van der Waals surface area contributed by atoms with Gasteiger partial charge in [-0.05, 0) is 43.2 Å². The molecule has 1 aliphatic carbocycles. The number of carbonyl (C=O) groups excluding carboxylic acids is 1. The van der Waals surface area contributed by atoms with Crippen molar-refractivity contribution in [2.24, 2.45) is 5.92 Å². The van der Waals surface area contributed by atoms with Gasteiger partial charge in [-0.25, -0.2) is 0 Å². The van der Waals surface area contributed by atoms with Crippen LogP contribution in [0.25, 0.3) is 0 Å². The molecule has 20 heavy (non-hydrogen) atoms. The van der Waals surface area contributed by atoms with E-state index in [1.807, 2.05) is 30.5 Å². The number of hydrogen-bond acceptors (Lipinski definition) is 3. The van der Waals surface area contributed by atoms with Crippen molar-refractivity contribution in [3.63, 3.8) is 0 Å². The zero-order valence-corrected chi connectivity index (χ0v) is 13.3. The standard InChI is InChI=1S/C15H20ClNO2S/c1-15(19,9-20-2)8-17-14(18)13-7-12(13)10-3-5-11(16)6-4-10/h3-6,12-13,19H,7-9H2,1-2H3,(H,17,18)/t12-,13-,15-/m1/s1. The van der Waals surface area contributed by atoms with E-state index in [0.717, 1.165) is 12.0 Å². The summed E-state index contributed by atoms with van der Waals surface area (Å²) in [6.07, 6.45) is 2.81. The maximum atomic E-state index is 12.1. The number of benzene rings is 1. The molecule has 0 aromatic heterocycles. The molecule has 3 atom stereocenters. The van der Waals surface area contributed by atoms with Gasteiger partial charge in [0.05, 0.1) is 5.60 Å². The minimum absolute atomic E-state index is 0.0289. The van der Waals surface area contributed by atoms with Crippen LogP contribution in [0.4, 0.5) is 0 Å². The summed E-state index contributed by atoms with van der Waals surface area (Å²) in [5.74, 6) is 0.962. The Kier molecular flexibility index (Phi) is 4.99. The van der Waals surface area contributed by atoms with Crippen LogP contribution >= 0.6 is 23.4 Å². The Morgan fingerprint density at radius 3 is 2.75 bits per heavy atom. The predicted octanol–water partition coefficient (Wildman–Crippen LogP) is 2.67. The second-order valence-corrected chi connectivity index (χ2v) is 6.95. The monoisotopic (exact) mass is 313 g/mol. The van der Waals surface area contributed by atoms with Crippen LogP contribution in [0, 0.1) is 5.92 Å². The molecule has 3 nitrogen and oxygen atoms in total. The van der Waals surface area contributed by atoms with E-state index in [1.54, 1.807) is 18.7 Å². The minimum Gasteiger partial charge on any atom is -0.387 e. The Bertz CT molecular complexity index is 475. The van der Waals surface area contributed by atoms with E-state index in [2.05, 4.69) is 5.32 Å². The van der Waals surface area contributed by atoms with Crippen molar-refractivity contribution in [1.82, 2.24) is 5.32 Å². The molecule has 0 radical (unpaired) electrons. The van der Waals surface area contributed by atoms with Crippen molar-refractivity contribution >= 4 is 29.3 Å². The first kappa shape index (κ1) is 15.7. The number of rotatable bonds is 6. The molecule has 5 heteroatoms. The fourth-order valence-corrected chi connectivity index (χ4v) is 3.18. The lowest BCUT2D eigenvalue weighted by molar-refractivity contribution is -0.123. The van der Waals surface area contributed by atoms with Crippen molar-refractivity contribution in [3.8, 4) is 0 Å². The maximum Gasteiger partial charge on any atom is 0.223 e. The second-order valence-electron chi connectivity index (χ2n) is 5.65. The molecule has 1 saturated carbocycles. The van der Waals surface area contributed by atoms with Gasteiger partial charge in [0.1, 0.15) is 0 Å². The molecule has 0 saturated heterocycles. The molecule has 2 N–H and O–H groups in total. The van der Waals surface area contributed by atoms with Crippen LogP contribution in [0.1, 0.15) is 24.8 Å². The van der Waals surface area contributed by atoms with Crippen LogP contribution in [-0.2, 0) is 4.79 Å². The van der Waals surface area contributed by atoms with Crippen molar-refractivity contribution in [1.29, 1.82) is 0 Å². The number of aliphatic hydroxyl groups is 1. The van der Waals surface area contributed by atoms with Crippen LogP contribution in [-0.4, -0.2) is 35.2 Å². The maximum absolute atomic E-state index is 12.1. The topological polar surface area (TPSA) is 49.3 Å². The average Bonchev–Trinajstić information content (AvgIpc) is 3.17. The molecule has 1 fully saturated rings. The highest BCUT2D eigenvalue weighted by atomic mass is 35.5. The van der Waals surface area contributed by atoms with Gasteiger partial charge in [0.2, 0.25) is 5.91 Å². The number of amides is 1. The molecular weight excluding hydrogens is 294 g/mol. The summed E-state index contributed by atoms with van der Waals surface area (Å²) in [5.41, 5.74) is 0.310. The Labute approximate surface area is 129 Å². The number of nitrogens with one attached hydrogen (secondary N) is 1. The molecule has 110 valence electrons. The summed E-state index contributed by atoms with van der Waals surface area (Å²) < 4.78 is 0. The quantitative estimate of drug-likeness (QED) is 0.849. The van der Waals surface area contributed by atoms with Gasteiger partial charge < -0.3 is 10.4 Å². The number of hydrogen-bond donors (Lipinski definition) is 2. The normalized spacial score (nSPS) is 24.0. The number of carbonyl (C=O) groups is 1. The molecule has 1 aliphatic rings. The second kappa shape index (κ2) is 6.37. The van der Waals surface area contributed by atoms with Crippen LogP contribution in [0.15, 0.2) is 24.3 Å². The van der Waals surface area contributed by atoms with E-state index >= 15 is 0 Å². The Morgan fingerprint density at radius 1 is 1.50 bits per heavy atom. The zero-order valence-electron chi connectivity index (χ0n) is 11.7. The van der Waals surface area contributed by atoms with Crippen LogP contribution in [0.5, 0.6) is 0 Å². The Morgan fingerprint density at radius 2 is 2.15 bits per heavy atom. The van der Waals surface area contributed by atoms with Gasteiger partial charge in [-0.1, -0.05) is 23.7 Å². The first-order valence-electron chi connectivity index (χ1n) is 6.67. The van der Waals surface area contributed by atoms with Crippen molar-refractivity contribution < 1.29 is 9.90 Å². The lowest BCUT2D eigenvalue weighted by Crippen LogP contribution is -2.43. The predicted molar refractivity (Wildman–Crippen MR) is 84.3 cm³/mol. The van der Waals surface area contributed by atoms with Gasteiger partial charge >= 0.3 is 0 Å². The molecule has 0 aliphatic heterocycles. The summed E-state index contributed by atoms with van der Waals surface area (Å²) >= 11 is 7.43. The highest BCUT2D eigenvalue weighted by Crippen LogP contribution is 2.47. The average molecular weight is 314 g/mol. The highest BCUT2D eigenvalue weighted by Gasteiger charge is 2.44. The lowest BCUT2D eigenvalue weighted by atomic mass is 10.1. The molecule has 1 amide bonds. The van der Waals surface area contributed by atoms with E-state index in [-0.39, 0.29) is 17.7 Å². The van der Waals surface area contributed by atoms with Crippen molar-refractivity contribution in [2.45, 2.75) is 24.9 Å². The Balaban J connectivity index is 1.83. The fraction of sp³-hybridized carbons (Fsp3) is 0.533. The molecule has 0 heterocycles. The van der Waals surface area contributed by atoms with E-state index < -0.39 is 5.60 Å². The third-order valence-corrected chi connectivity index (χ3v) is 4.69. The first-order chi connectivity index (χ1) is 9.43. The number of halogens is 1. The van der Waals surface area contributed by atoms with Gasteiger partial charge in [0.15, 0.2) is 0 Å². The summed E-state index contributed by atoms with van der Waals surface area (Å²) in [6, 6.07) is 7.66. The molecule has 0 unspecified atom stereocenters. The first-order valence-corrected chi connectivity index (χ1v) is 8.44. The summed E-state index contributed by atoms with van der Waals surface area (Å²) in [4.78, 5) is 12.1. The van der Waals surface area contributed by atoms with Crippen molar-refractivity contribution in [2.75, 3.05) is 18.6 Å². The van der Waals surface area contributed by atoms with Gasteiger partial charge in [-0.15, -0.1) is 0 Å². The summed E-state index contributed by atoms with van der Waals surface area (Å²) in [6.45, 7) is 2.05. The minimum atomic E-state index is -0.847. The zero-order chi connectivity index (χ0) is 14.8. The third kappa shape index (κ3) is 4.14. The smallest absolute Gasteiger partial charge is 0.223 e. The van der Waals surface area contributed by atoms with Crippen LogP contribution in [0.2, 0.25) is 5.02 Å². The van der Waals surface area contributed by atoms with E-state index in [9.17, 15) is 9.90 Å². The van der Waals surface area contributed by atoms with Crippen LogP contribution < -0.4 is 5.32 Å². The van der Waals surface area contributed by atoms with Crippen LogP contribution in [0.3, 0.4) is 0 Å².